The highest BCUT2D eigenvalue weighted by atomic mass is 19.1. The lowest BCUT2D eigenvalue weighted by Gasteiger charge is -2.25. The van der Waals surface area contributed by atoms with Gasteiger partial charge in [0.15, 0.2) is 0 Å². The summed E-state index contributed by atoms with van der Waals surface area (Å²) in [6.45, 7) is 0. The number of carbonyl (C=O) groups is 1. The van der Waals surface area contributed by atoms with Crippen molar-refractivity contribution in [2.75, 3.05) is 0 Å². The first-order valence-corrected chi connectivity index (χ1v) is 7.28. The first-order valence-electron chi connectivity index (χ1n) is 7.28. The van der Waals surface area contributed by atoms with E-state index >= 15 is 0 Å². The second kappa shape index (κ2) is 4.95. The minimum Gasteiger partial charge on any atom is -0.346 e. The molecule has 0 saturated heterocycles. The van der Waals surface area contributed by atoms with Crippen LogP contribution in [-0.4, -0.2) is 5.91 Å². The molecule has 2 nitrogen and oxygen atoms in total. The van der Waals surface area contributed by atoms with Gasteiger partial charge in [0.25, 0.3) is 0 Å². The Morgan fingerprint density at radius 3 is 2.32 bits per heavy atom. The van der Waals surface area contributed by atoms with Crippen LogP contribution in [0.3, 0.4) is 0 Å². The minimum atomic E-state index is -0.224. The van der Waals surface area contributed by atoms with Gasteiger partial charge < -0.3 is 5.32 Å². The molecule has 0 aliphatic heterocycles. The molecule has 102 valence electrons. The molecule has 1 aromatic carbocycles. The molecule has 2 saturated carbocycles. The van der Waals surface area contributed by atoms with E-state index in [2.05, 4.69) is 5.32 Å². The number of benzene rings is 1. The van der Waals surface area contributed by atoms with Crippen LogP contribution in [0.2, 0.25) is 0 Å². The van der Waals surface area contributed by atoms with E-state index in [-0.39, 0.29) is 23.2 Å². The fraction of sp³-hybridized carbons (Fsp3) is 0.562. The van der Waals surface area contributed by atoms with Crippen LogP contribution in [0.15, 0.2) is 24.3 Å². The molecule has 3 heteroatoms. The van der Waals surface area contributed by atoms with Gasteiger partial charge in [0.2, 0.25) is 5.91 Å². The van der Waals surface area contributed by atoms with E-state index in [1.165, 1.54) is 31.4 Å². The second-order valence-electron chi connectivity index (χ2n) is 5.91. The Hall–Kier alpha value is -1.38. The molecule has 0 heterocycles. The third-order valence-electron chi connectivity index (χ3n) is 4.49. The SMILES string of the molecule is O=C(NC1(c2ccc(F)cc2)CC1)C1CCCCC1. The van der Waals surface area contributed by atoms with E-state index in [4.69, 9.17) is 0 Å². The minimum absolute atomic E-state index is 0.187. The highest BCUT2D eigenvalue weighted by molar-refractivity contribution is 5.80. The van der Waals surface area contributed by atoms with Gasteiger partial charge in [-0.1, -0.05) is 31.4 Å². The molecule has 19 heavy (non-hydrogen) atoms. The van der Waals surface area contributed by atoms with Crippen molar-refractivity contribution in [3.8, 4) is 0 Å². The summed E-state index contributed by atoms with van der Waals surface area (Å²) in [7, 11) is 0. The van der Waals surface area contributed by atoms with Crippen molar-refractivity contribution in [3.63, 3.8) is 0 Å². The Morgan fingerprint density at radius 1 is 1.11 bits per heavy atom. The molecular weight excluding hydrogens is 241 g/mol. The fourth-order valence-electron chi connectivity index (χ4n) is 3.08. The third kappa shape index (κ3) is 2.65. The van der Waals surface area contributed by atoms with Crippen molar-refractivity contribution in [2.24, 2.45) is 5.92 Å². The molecule has 0 atom stereocenters. The summed E-state index contributed by atoms with van der Waals surface area (Å²) in [6, 6.07) is 6.54. The van der Waals surface area contributed by atoms with E-state index < -0.39 is 0 Å². The van der Waals surface area contributed by atoms with Gasteiger partial charge in [-0.3, -0.25) is 4.79 Å². The zero-order chi connectivity index (χ0) is 13.3. The van der Waals surface area contributed by atoms with E-state index in [1.807, 2.05) is 0 Å². The fourth-order valence-corrected chi connectivity index (χ4v) is 3.08. The van der Waals surface area contributed by atoms with Crippen LogP contribution in [0.5, 0.6) is 0 Å². The van der Waals surface area contributed by atoms with Gasteiger partial charge in [-0.25, -0.2) is 4.39 Å². The Morgan fingerprint density at radius 2 is 1.74 bits per heavy atom. The molecule has 0 unspecified atom stereocenters. The number of nitrogens with one attached hydrogen (secondary N) is 1. The second-order valence-corrected chi connectivity index (χ2v) is 5.91. The molecule has 0 spiro atoms. The number of halogens is 1. The van der Waals surface area contributed by atoms with Gasteiger partial charge in [-0.05, 0) is 43.4 Å². The Balaban J connectivity index is 1.68. The number of carbonyl (C=O) groups excluding carboxylic acids is 1. The summed E-state index contributed by atoms with van der Waals surface area (Å²) in [5.41, 5.74) is 0.834. The maximum Gasteiger partial charge on any atom is 0.223 e. The van der Waals surface area contributed by atoms with Crippen LogP contribution in [-0.2, 0) is 10.3 Å². The molecule has 2 aliphatic carbocycles. The third-order valence-corrected chi connectivity index (χ3v) is 4.49. The van der Waals surface area contributed by atoms with Crippen molar-refractivity contribution in [2.45, 2.75) is 50.5 Å². The Labute approximate surface area is 113 Å². The van der Waals surface area contributed by atoms with Gasteiger partial charge in [0.1, 0.15) is 5.82 Å². The van der Waals surface area contributed by atoms with Gasteiger partial charge in [0, 0.05) is 5.92 Å². The van der Waals surface area contributed by atoms with Gasteiger partial charge in [-0.2, -0.15) is 0 Å². The average Bonchev–Trinajstić information content (AvgIpc) is 3.21. The van der Waals surface area contributed by atoms with Crippen LogP contribution in [0.1, 0.15) is 50.5 Å². The van der Waals surface area contributed by atoms with E-state index in [1.54, 1.807) is 12.1 Å². The maximum absolute atomic E-state index is 13.0. The summed E-state index contributed by atoms with van der Waals surface area (Å²) >= 11 is 0. The monoisotopic (exact) mass is 261 g/mol. The number of hydrogen-bond donors (Lipinski definition) is 1. The van der Waals surface area contributed by atoms with Crippen LogP contribution >= 0.6 is 0 Å². The van der Waals surface area contributed by atoms with Crippen LogP contribution in [0.25, 0.3) is 0 Å². The smallest absolute Gasteiger partial charge is 0.223 e. The van der Waals surface area contributed by atoms with E-state index in [9.17, 15) is 9.18 Å². The normalized spacial score (nSPS) is 21.9. The summed E-state index contributed by atoms with van der Waals surface area (Å²) in [5.74, 6) is 0.159. The van der Waals surface area contributed by atoms with Crippen molar-refractivity contribution >= 4 is 5.91 Å². The van der Waals surface area contributed by atoms with Crippen LogP contribution in [0.4, 0.5) is 4.39 Å². The first-order chi connectivity index (χ1) is 9.20. The standard InChI is InChI=1S/C16H20FNO/c17-14-8-6-13(7-9-14)16(10-11-16)18-15(19)12-4-2-1-3-5-12/h6-9,12H,1-5,10-11H2,(H,18,19). The van der Waals surface area contributed by atoms with E-state index in [0.717, 1.165) is 31.2 Å². The van der Waals surface area contributed by atoms with Gasteiger partial charge >= 0.3 is 0 Å². The molecule has 0 radical (unpaired) electrons. The summed E-state index contributed by atoms with van der Waals surface area (Å²) < 4.78 is 13.0. The molecule has 2 aliphatic rings. The van der Waals surface area contributed by atoms with Crippen molar-refractivity contribution in [3.05, 3.63) is 35.6 Å². The summed E-state index contributed by atoms with van der Waals surface area (Å²) in [5, 5.41) is 3.21. The molecular formula is C16H20FNO. The molecule has 3 rings (SSSR count). The maximum atomic E-state index is 13.0. The average molecular weight is 261 g/mol. The Kier molecular flexibility index (Phi) is 3.29. The number of hydrogen-bond acceptors (Lipinski definition) is 1. The molecule has 1 amide bonds. The van der Waals surface area contributed by atoms with E-state index in [0.29, 0.717) is 0 Å². The van der Waals surface area contributed by atoms with Crippen molar-refractivity contribution in [1.29, 1.82) is 0 Å². The molecule has 0 aromatic heterocycles. The zero-order valence-corrected chi connectivity index (χ0v) is 11.1. The van der Waals surface area contributed by atoms with Crippen LogP contribution < -0.4 is 5.32 Å². The van der Waals surface area contributed by atoms with Crippen LogP contribution in [0, 0.1) is 11.7 Å². The number of amides is 1. The largest absolute Gasteiger partial charge is 0.346 e. The summed E-state index contributed by atoms with van der Waals surface area (Å²) in [6.07, 6.45) is 7.57. The highest BCUT2D eigenvalue weighted by Gasteiger charge is 2.46. The zero-order valence-electron chi connectivity index (χ0n) is 11.1. The van der Waals surface area contributed by atoms with Gasteiger partial charge in [-0.15, -0.1) is 0 Å². The van der Waals surface area contributed by atoms with Crippen molar-refractivity contribution in [1.82, 2.24) is 5.32 Å². The lowest BCUT2D eigenvalue weighted by atomic mass is 9.88. The lowest BCUT2D eigenvalue weighted by molar-refractivity contribution is -0.127. The molecule has 0 bridgehead atoms. The Bertz CT molecular complexity index is 458. The molecule has 1 N–H and O–H groups in total. The quantitative estimate of drug-likeness (QED) is 0.886. The first kappa shape index (κ1) is 12.6. The highest BCUT2D eigenvalue weighted by Crippen LogP contribution is 2.46. The molecule has 1 aromatic rings. The van der Waals surface area contributed by atoms with Crippen molar-refractivity contribution < 1.29 is 9.18 Å². The molecule has 2 fully saturated rings. The predicted molar refractivity (Wildman–Crippen MR) is 72.0 cm³/mol. The lowest BCUT2D eigenvalue weighted by Crippen LogP contribution is -2.39. The number of rotatable bonds is 3. The predicted octanol–water partition coefficient (Wildman–Crippen LogP) is 3.51. The topological polar surface area (TPSA) is 29.1 Å². The summed E-state index contributed by atoms with van der Waals surface area (Å²) in [4.78, 5) is 12.3. The van der Waals surface area contributed by atoms with Gasteiger partial charge in [0.05, 0.1) is 5.54 Å².